The Bertz CT molecular complexity index is 342. The van der Waals surface area contributed by atoms with Crippen LogP contribution in [0.2, 0.25) is 0 Å². The molecule has 4 nitrogen and oxygen atoms in total. The molecule has 0 rings (SSSR count). The van der Waals surface area contributed by atoms with Crippen molar-refractivity contribution in [2.45, 2.75) is 90.4 Å². The molecule has 0 saturated carbocycles. The third kappa shape index (κ3) is 23.4. The Morgan fingerprint density at radius 1 is 0.818 bits per heavy atom. The summed E-state index contributed by atoms with van der Waals surface area (Å²) in [4.78, 5) is 0. The average Bonchev–Trinajstić information content (AvgIpc) is 2.42. The van der Waals surface area contributed by atoms with Gasteiger partial charge >= 0.3 is 51.4 Å². The average molecular weight is 359 g/mol. The molecule has 0 aromatic rings. The molecule has 0 heterocycles. The van der Waals surface area contributed by atoms with Crippen LogP contribution in [-0.2, 0) is 14.6 Å². The number of rotatable bonds is 15. The van der Waals surface area contributed by atoms with Crippen LogP contribution in [0.3, 0.4) is 0 Å². The van der Waals surface area contributed by atoms with Crippen molar-refractivity contribution >= 4 is 10.4 Å². The van der Waals surface area contributed by atoms with Crippen LogP contribution < -0.4 is 51.4 Å². The summed E-state index contributed by atoms with van der Waals surface area (Å²) in [7, 11) is -4.58. The van der Waals surface area contributed by atoms with Gasteiger partial charge in [-0.2, -0.15) is 0 Å². The van der Waals surface area contributed by atoms with E-state index in [0.717, 1.165) is 25.5 Å². The van der Waals surface area contributed by atoms with Gasteiger partial charge in [-0.15, -0.1) is 0 Å². The molecule has 0 fully saturated rings. The second kappa shape index (κ2) is 18.4. The van der Waals surface area contributed by atoms with Gasteiger partial charge in [0.15, 0.2) is 0 Å². The summed E-state index contributed by atoms with van der Waals surface area (Å²) < 4.78 is 34.4. The van der Waals surface area contributed by atoms with E-state index in [9.17, 15) is 13.0 Å². The molecule has 0 bridgehead atoms. The van der Waals surface area contributed by atoms with Crippen LogP contribution in [0.15, 0.2) is 12.3 Å². The zero-order valence-corrected chi connectivity index (χ0v) is 18.3. The van der Waals surface area contributed by atoms with Crippen LogP contribution in [0.1, 0.15) is 90.4 Å². The predicted molar refractivity (Wildman–Crippen MR) is 85.6 cm³/mol. The van der Waals surface area contributed by atoms with E-state index < -0.39 is 10.4 Å². The molecule has 0 aromatic carbocycles. The SMILES string of the molecule is CCCCCCCCCCCCCC/C=C/OS(=O)(=O)[O-].[K+]. The molecule has 0 unspecified atom stereocenters. The quantitative estimate of drug-likeness (QED) is 0.148. The molecule has 0 aliphatic carbocycles. The van der Waals surface area contributed by atoms with Crippen molar-refractivity contribution in [3.63, 3.8) is 0 Å². The summed E-state index contributed by atoms with van der Waals surface area (Å²) in [5.74, 6) is 0. The minimum absolute atomic E-state index is 0. The molecule has 0 aliphatic rings. The fourth-order valence-corrected chi connectivity index (χ4v) is 2.49. The van der Waals surface area contributed by atoms with Gasteiger partial charge in [-0.05, 0) is 18.9 Å². The van der Waals surface area contributed by atoms with E-state index in [0.29, 0.717) is 0 Å². The monoisotopic (exact) mass is 358 g/mol. The van der Waals surface area contributed by atoms with Gasteiger partial charge in [-0.25, -0.2) is 8.42 Å². The van der Waals surface area contributed by atoms with Crippen LogP contribution in [0.5, 0.6) is 0 Å². The van der Waals surface area contributed by atoms with Crippen LogP contribution in [0, 0.1) is 0 Å². The maximum Gasteiger partial charge on any atom is 1.00 e. The summed E-state index contributed by atoms with van der Waals surface area (Å²) in [5.41, 5.74) is 0. The van der Waals surface area contributed by atoms with Crippen molar-refractivity contribution in [2.24, 2.45) is 0 Å². The Morgan fingerprint density at radius 2 is 1.23 bits per heavy atom. The van der Waals surface area contributed by atoms with E-state index >= 15 is 0 Å². The van der Waals surface area contributed by atoms with Crippen molar-refractivity contribution < 1.29 is 68.5 Å². The molecule has 0 amide bonds. The van der Waals surface area contributed by atoms with Crippen molar-refractivity contribution in [3.05, 3.63) is 12.3 Å². The Labute approximate surface area is 179 Å². The van der Waals surface area contributed by atoms with Gasteiger partial charge in [0.2, 0.25) is 0 Å². The maximum absolute atomic E-state index is 10.1. The molecule has 0 aliphatic heterocycles. The van der Waals surface area contributed by atoms with Gasteiger partial charge in [-0.3, -0.25) is 0 Å². The first-order valence-corrected chi connectivity index (χ1v) is 9.68. The van der Waals surface area contributed by atoms with E-state index in [-0.39, 0.29) is 51.4 Å². The largest absolute Gasteiger partial charge is 1.00 e. The first kappa shape index (κ1) is 25.3. The van der Waals surface area contributed by atoms with Crippen LogP contribution in [0.4, 0.5) is 0 Å². The number of allylic oxidation sites excluding steroid dienone is 1. The maximum atomic E-state index is 10.1. The van der Waals surface area contributed by atoms with E-state index in [1.807, 2.05) is 0 Å². The Kier molecular flexibility index (Phi) is 21.2. The Hall–Kier alpha value is 1.09. The summed E-state index contributed by atoms with van der Waals surface area (Å²) in [5, 5.41) is 0. The van der Waals surface area contributed by atoms with Gasteiger partial charge in [-0.1, -0.05) is 77.6 Å². The van der Waals surface area contributed by atoms with Gasteiger partial charge < -0.3 is 8.74 Å². The van der Waals surface area contributed by atoms with Gasteiger partial charge in [0, 0.05) is 0 Å². The molecule has 0 saturated heterocycles. The third-order valence-electron chi connectivity index (χ3n) is 3.49. The van der Waals surface area contributed by atoms with Gasteiger partial charge in [0.05, 0.1) is 0 Å². The minimum atomic E-state index is -4.58. The zero-order chi connectivity index (χ0) is 15.8. The number of hydrogen-bond acceptors (Lipinski definition) is 4. The first-order chi connectivity index (χ1) is 10.1. The molecular formula is C16H31KO4S. The fraction of sp³-hybridized carbons (Fsp3) is 0.875. The molecule has 0 spiro atoms. The molecule has 0 atom stereocenters. The van der Waals surface area contributed by atoms with E-state index in [2.05, 4.69) is 11.1 Å². The van der Waals surface area contributed by atoms with Crippen molar-refractivity contribution in [1.82, 2.24) is 0 Å². The fourth-order valence-electron chi connectivity index (χ4n) is 2.28. The second-order valence-electron chi connectivity index (χ2n) is 5.55. The van der Waals surface area contributed by atoms with E-state index in [1.165, 1.54) is 64.2 Å². The Morgan fingerprint density at radius 3 is 1.64 bits per heavy atom. The third-order valence-corrected chi connectivity index (χ3v) is 3.84. The molecule has 6 heteroatoms. The van der Waals surface area contributed by atoms with Gasteiger partial charge in [0.1, 0.15) is 6.26 Å². The first-order valence-electron chi connectivity index (χ1n) is 8.35. The normalized spacial score (nSPS) is 11.5. The summed E-state index contributed by atoms with van der Waals surface area (Å²) in [6, 6.07) is 0. The van der Waals surface area contributed by atoms with Crippen molar-refractivity contribution in [3.8, 4) is 0 Å². The van der Waals surface area contributed by atoms with Crippen LogP contribution in [-0.4, -0.2) is 13.0 Å². The zero-order valence-electron chi connectivity index (χ0n) is 14.4. The van der Waals surface area contributed by atoms with Gasteiger partial charge in [0.25, 0.3) is 10.4 Å². The number of hydrogen-bond donors (Lipinski definition) is 0. The second-order valence-corrected chi connectivity index (χ2v) is 6.56. The smallest absolute Gasteiger partial charge is 0.716 e. The van der Waals surface area contributed by atoms with Crippen molar-refractivity contribution in [1.29, 1.82) is 0 Å². The predicted octanol–water partition coefficient (Wildman–Crippen LogP) is 2.07. The topological polar surface area (TPSA) is 66.4 Å². The van der Waals surface area contributed by atoms with Crippen molar-refractivity contribution in [2.75, 3.05) is 0 Å². The molecule has 22 heavy (non-hydrogen) atoms. The molecular weight excluding hydrogens is 327 g/mol. The number of unbranched alkanes of at least 4 members (excludes halogenated alkanes) is 12. The molecule has 126 valence electrons. The van der Waals surface area contributed by atoms with Crippen LogP contribution >= 0.6 is 0 Å². The molecule has 0 radical (unpaired) electrons. The molecule has 0 aromatic heterocycles. The summed E-state index contributed by atoms with van der Waals surface area (Å²) in [6.07, 6.45) is 18.9. The summed E-state index contributed by atoms with van der Waals surface area (Å²) >= 11 is 0. The van der Waals surface area contributed by atoms with E-state index in [4.69, 9.17) is 0 Å². The minimum Gasteiger partial charge on any atom is -0.716 e. The van der Waals surface area contributed by atoms with E-state index in [1.54, 1.807) is 6.08 Å². The molecule has 0 N–H and O–H groups in total. The summed E-state index contributed by atoms with van der Waals surface area (Å²) in [6.45, 7) is 2.24. The standard InChI is InChI=1S/C16H32O4S.K/c1-2-3-4-5-6-7-8-9-10-11-12-13-14-15-16-20-21(17,18)19;/h15-16H,2-14H2,1H3,(H,17,18,19);/q;+1/p-1/b16-15+;. The Balaban J connectivity index is 0. The van der Waals surface area contributed by atoms with Crippen LogP contribution in [0.25, 0.3) is 0 Å².